The van der Waals surface area contributed by atoms with E-state index in [2.05, 4.69) is 20.9 Å². The highest BCUT2D eigenvalue weighted by Crippen LogP contribution is 2.28. The molecule has 2 aromatic carbocycles. The molecule has 4 heteroatoms. The van der Waals surface area contributed by atoms with Crippen molar-refractivity contribution < 1.29 is 5.11 Å². The number of imidazole rings is 1. The molecule has 0 amide bonds. The van der Waals surface area contributed by atoms with Crippen molar-refractivity contribution in [3.8, 4) is 0 Å². The van der Waals surface area contributed by atoms with E-state index >= 15 is 0 Å². The highest BCUT2D eigenvalue weighted by Gasteiger charge is 2.31. The first-order valence-electron chi connectivity index (χ1n) is 7.69. The van der Waals surface area contributed by atoms with E-state index in [-0.39, 0.29) is 0 Å². The fourth-order valence-corrected chi connectivity index (χ4v) is 3.08. The molecule has 1 aliphatic rings. The first kappa shape index (κ1) is 13.5. The first-order chi connectivity index (χ1) is 10.8. The highest BCUT2D eigenvalue weighted by molar-refractivity contribution is 5.74. The van der Waals surface area contributed by atoms with E-state index in [1.165, 1.54) is 0 Å². The lowest BCUT2D eigenvalue weighted by Gasteiger charge is -2.39. The fourth-order valence-electron chi connectivity index (χ4n) is 3.08. The Hall–Kier alpha value is -2.17. The number of para-hydroxylation sites is 2. The molecule has 1 aliphatic heterocycles. The minimum absolute atomic E-state index is 0.419. The molecule has 2 heterocycles. The van der Waals surface area contributed by atoms with Gasteiger partial charge in [-0.2, -0.15) is 0 Å². The summed E-state index contributed by atoms with van der Waals surface area (Å²) in [5, 5.41) is 10.3. The predicted molar refractivity (Wildman–Crippen MR) is 86.7 cm³/mol. The van der Waals surface area contributed by atoms with Crippen molar-refractivity contribution in [1.29, 1.82) is 0 Å². The average Bonchev–Trinajstić information content (AvgIpc) is 2.94. The van der Waals surface area contributed by atoms with E-state index in [1.807, 2.05) is 48.5 Å². The Morgan fingerprint density at radius 3 is 2.59 bits per heavy atom. The number of aliphatic hydroxyl groups excluding tert-OH is 1. The number of H-pyrrole nitrogens is 1. The third-order valence-corrected chi connectivity index (χ3v) is 4.37. The number of likely N-dealkylation sites (tertiary alicyclic amines) is 1. The van der Waals surface area contributed by atoms with Gasteiger partial charge in [0.1, 0.15) is 5.82 Å². The molecule has 0 bridgehead atoms. The number of rotatable bonds is 4. The van der Waals surface area contributed by atoms with Crippen LogP contribution < -0.4 is 0 Å². The summed E-state index contributed by atoms with van der Waals surface area (Å²) in [4.78, 5) is 10.3. The second kappa shape index (κ2) is 5.55. The van der Waals surface area contributed by atoms with E-state index < -0.39 is 6.10 Å². The Kier molecular flexibility index (Phi) is 3.41. The van der Waals surface area contributed by atoms with Crippen LogP contribution >= 0.6 is 0 Å². The molecule has 1 atom stereocenters. The van der Waals surface area contributed by atoms with Crippen molar-refractivity contribution in [2.24, 2.45) is 0 Å². The summed E-state index contributed by atoms with van der Waals surface area (Å²) >= 11 is 0. The van der Waals surface area contributed by atoms with Crippen molar-refractivity contribution in [3.63, 3.8) is 0 Å². The van der Waals surface area contributed by atoms with Gasteiger partial charge in [-0.1, -0.05) is 42.5 Å². The van der Waals surface area contributed by atoms with Gasteiger partial charge in [0, 0.05) is 25.6 Å². The molecule has 1 fully saturated rings. The zero-order chi connectivity index (χ0) is 14.9. The van der Waals surface area contributed by atoms with Crippen LogP contribution in [0.4, 0.5) is 0 Å². The molecule has 0 spiro atoms. The van der Waals surface area contributed by atoms with Crippen LogP contribution in [-0.2, 0) is 0 Å². The number of nitrogens with zero attached hydrogens (tertiary/aromatic N) is 2. The molecule has 1 saturated heterocycles. The van der Waals surface area contributed by atoms with Crippen molar-refractivity contribution in [3.05, 3.63) is 66.0 Å². The molecule has 2 N–H and O–H groups in total. The van der Waals surface area contributed by atoms with Crippen LogP contribution in [0, 0.1) is 0 Å². The lowest BCUT2D eigenvalue weighted by Crippen LogP contribution is -2.47. The molecule has 0 unspecified atom stereocenters. The Bertz CT molecular complexity index is 729. The van der Waals surface area contributed by atoms with E-state index in [9.17, 15) is 5.11 Å². The van der Waals surface area contributed by atoms with Crippen LogP contribution in [0.25, 0.3) is 11.0 Å². The standard InChI is InChI=1S/C18H19N3O/c22-17(13-6-2-1-3-7-13)12-21-10-14(11-21)18-19-15-8-4-5-9-16(15)20-18/h1-9,14,17,22H,10-12H2,(H,19,20)/t17-/m0/s1. The third kappa shape index (κ3) is 2.51. The number of hydrogen-bond donors (Lipinski definition) is 2. The monoisotopic (exact) mass is 293 g/mol. The van der Waals surface area contributed by atoms with Crippen LogP contribution in [0.5, 0.6) is 0 Å². The van der Waals surface area contributed by atoms with E-state index in [4.69, 9.17) is 0 Å². The number of aromatic amines is 1. The molecule has 3 aromatic rings. The van der Waals surface area contributed by atoms with Gasteiger partial charge in [-0.05, 0) is 17.7 Å². The quantitative estimate of drug-likeness (QED) is 0.777. The van der Waals surface area contributed by atoms with Crippen LogP contribution in [0.15, 0.2) is 54.6 Å². The molecule has 112 valence electrons. The molecule has 4 nitrogen and oxygen atoms in total. The Morgan fingerprint density at radius 2 is 1.82 bits per heavy atom. The summed E-state index contributed by atoms with van der Waals surface area (Å²) in [6.07, 6.45) is -0.419. The second-order valence-corrected chi connectivity index (χ2v) is 5.98. The van der Waals surface area contributed by atoms with E-state index in [0.29, 0.717) is 12.5 Å². The summed E-state index contributed by atoms with van der Waals surface area (Å²) in [5.41, 5.74) is 3.11. The van der Waals surface area contributed by atoms with Gasteiger partial charge in [0.2, 0.25) is 0 Å². The normalized spacial score (nSPS) is 17.5. The van der Waals surface area contributed by atoms with E-state index in [1.54, 1.807) is 0 Å². The molecular weight excluding hydrogens is 274 g/mol. The lowest BCUT2D eigenvalue weighted by molar-refractivity contribution is 0.0626. The molecule has 4 rings (SSSR count). The number of benzene rings is 2. The molecule has 0 saturated carbocycles. The van der Waals surface area contributed by atoms with Crippen molar-refractivity contribution in [2.75, 3.05) is 19.6 Å². The van der Waals surface area contributed by atoms with Crippen molar-refractivity contribution >= 4 is 11.0 Å². The maximum absolute atomic E-state index is 10.3. The number of β-amino-alcohol motifs (C(OH)–C–C–N with tert-alkyl or cyclic N) is 1. The van der Waals surface area contributed by atoms with Crippen molar-refractivity contribution in [1.82, 2.24) is 14.9 Å². The Labute approximate surface area is 129 Å². The summed E-state index contributed by atoms with van der Waals surface area (Å²) in [7, 11) is 0. The topological polar surface area (TPSA) is 52.1 Å². The first-order valence-corrected chi connectivity index (χ1v) is 7.69. The number of hydrogen-bond acceptors (Lipinski definition) is 3. The van der Waals surface area contributed by atoms with Gasteiger partial charge in [0.15, 0.2) is 0 Å². The summed E-state index contributed by atoms with van der Waals surface area (Å²) in [5.74, 6) is 1.50. The third-order valence-electron chi connectivity index (χ3n) is 4.37. The number of aliphatic hydroxyl groups is 1. The Balaban J connectivity index is 1.37. The molecule has 1 aromatic heterocycles. The largest absolute Gasteiger partial charge is 0.387 e. The van der Waals surface area contributed by atoms with Crippen LogP contribution in [-0.4, -0.2) is 39.6 Å². The van der Waals surface area contributed by atoms with Gasteiger partial charge in [-0.15, -0.1) is 0 Å². The van der Waals surface area contributed by atoms with Gasteiger partial charge in [0.25, 0.3) is 0 Å². The van der Waals surface area contributed by atoms with Crippen LogP contribution in [0.2, 0.25) is 0 Å². The predicted octanol–water partition coefficient (Wildman–Crippen LogP) is 2.70. The summed E-state index contributed by atoms with van der Waals surface area (Å²) in [6.45, 7) is 2.58. The fraction of sp³-hybridized carbons (Fsp3) is 0.278. The summed E-state index contributed by atoms with van der Waals surface area (Å²) < 4.78 is 0. The highest BCUT2D eigenvalue weighted by atomic mass is 16.3. The lowest BCUT2D eigenvalue weighted by atomic mass is 9.98. The number of aromatic nitrogens is 2. The molecule has 0 radical (unpaired) electrons. The molecular formula is C18H19N3O. The average molecular weight is 293 g/mol. The van der Waals surface area contributed by atoms with E-state index in [0.717, 1.165) is 35.5 Å². The van der Waals surface area contributed by atoms with Crippen molar-refractivity contribution in [2.45, 2.75) is 12.0 Å². The Morgan fingerprint density at radius 1 is 1.09 bits per heavy atom. The van der Waals surface area contributed by atoms with Gasteiger partial charge < -0.3 is 10.1 Å². The summed E-state index contributed by atoms with van der Waals surface area (Å²) in [6, 6.07) is 18.0. The molecule has 0 aliphatic carbocycles. The minimum atomic E-state index is -0.419. The van der Waals surface area contributed by atoms with Gasteiger partial charge in [0.05, 0.1) is 17.1 Å². The number of fused-ring (bicyclic) bond motifs is 1. The van der Waals surface area contributed by atoms with Crippen LogP contribution in [0.1, 0.15) is 23.4 Å². The zero-order valence-corrected chi connectivity index (χ0v) is 12.3. The zero-order valence-electron chi connectivity index (χ0n) is 12.3. The SMILES string of the molecule is O[C@@H](CN1CC(c2nc3ccccc3[nH]2)C1)c1ccccc1. The maximum Gasteiger partial charge on any atom is 0.112 e. The van der Waals surface area contributed by atoms with Gasteiger partial charge in [-0.25, -0.2) is 4.98 Å². The molecule has 22 heavy (non-hydrogen) atoms. The van der Waals surface area contributed by atoms with Gasteiger partial charge in [-0.3, -0.25) is 4.90 Å². The second-order valence-electron chi connectivity index (χ2n) is 5.98. The minimum Gasteiger partial charge on any atom is -0.387 e. The van der Waals surface area contributed by atoms with Gasteiger partial charge >= 0.3 is 0 Å². The van der Waals surface area contributed by atoms with Crippen LogP contribution in [0.3, 0.4) is 0 Å². The smallest absolute Gasteiger partial charge is 0.112 e. The maximum atomic E-state index is 10.3. The number of nitrogens with one attached hydrogen (secondary N) is 1.